The largest absolute Gasteiger partial charge is 0.467 e. The number of hydrogen-bond acceptors (Lipinski definition) is 3. The van der Waals surface area contributed by atoms with Crippen molar-refractivity contribution in [3.05, 3.63) is 29.3 Å². The quantitative estimate of drug-likeness (QED) is 0.275. The first kappa shape index (κ1) is 21.5. The molecule has 1 aromatic carbocycles. The number of nitriles is 1. The van der Waals surface area contributed by atoms with Gasteiger partial charge in [0.25, 0.3) is 0 Å². The van der Waals surface area contributed by atoms with Crippen LogP contribution in [-0.2, 0) is 11.2 Å². The van der Waals surface area contributed by atoms with Crippen LogP contribution in [0.4, 0.5) is 0 Å². The fourth-order valence-corrected chi connectivity index (χ4v) is 3.17. The van der Waals surface area contributed by atoms with Gasteiger partial charge < -0.3 is 9.47 Å². The summed E-state index contributed by atoms with van der Waals surface area (Å²) in [6, 6.07) is 8.59. The van der Waals surface area contributed by atoms with Crippen molar-refractivity contribution in [3.63, 3.8) is 0 Å². The number of hydrogen-bond donors (Lipinski definition) is 0. The van der Waals surface area contributed by atoms with E-state index < -0.39 is 0 Å². The molecule has 0 amide bonds. The molecule has 0 atom stereocenters. The Balaban J connectivity index is 2.06. The number of methoxy groups -OCH3 is 1. The van der Waals surface area contributed by atoms with Gasteiger partial charge in [-0.25, -0.2) is 0 Å². The molecule has 0 aliphatic carbocycles. The molecule has 0 spiro atoms. The highest BCUT2D eigenvalue weighted by Gasteiger charge is 2.06. The molecule has 0 aliphatic rings. The van der Waals surface area contributed by atoms with E-state index >= 15 is 0 Å². The smallest absolute Gasteiger partial charge is 0.188 e. The van der Waals surface area contributed by atoms with E-state index in [0.29, 0.717) is 6.79 Å². The van der Waals surface area contributed by atoms with E-state index in [1.54, 1.807) is 7.11 Å². The maximum Gasteiger partial charge on any atom is 0.188 e. The number of para-hydroxylation sites is 1. The van der Waals surface area contributed by atoms with E-state index in [9.17, 15) is 0 Å². The first-order valence-electron chi connectivity index (χ1n) is 9.86. The lowest BCUT2D eigenvalue weighted by Crippen LogP contribution is -2.03. The zero-order valence-electron chi connectivity index (χ0n) is 16.2. The minimum absolute atomic E-state index is 0.314. The van der Waals surface area contributed by atoms with Gasteiger partial charge in [-0.05, 0) is 37.3 Å². The van der Waals surface area contributed by atoms with E-state index in [1.807, 2.05) is 0 Å². The highest BCUT2D eigenvalue weighted by Crippen LogP contribution is 2.25. The monoisotopic (exact) mass is 345 g/mol. The summed E-state index contributed by atoms with van der Waals surface area (Å²) in [4.78, 5) is 0. The summed E-state index contributed by atoms with van der Waals surface area (Å²) in [6.07, 6.45) is 14.6. The van der Waals surface area contributed by atoms with E-state index in [-0.39, 0.29) is 0 Å². The van der Waals surface area contributed by atoms with Crippen molar-refractivity contribution < 1.29 is 9.47 Å². The van der Waals surface area contributed by atoms with Crippen molar-refractivity contribution in [2.24, 2.45) is 0 Å². The Morgan fingerprint density at radius 2 is 1.48 bits per heavy atom. The van der Waals surface area contributed by atoms with Gasteiger partial charge in [0.2, 0.25) is 0 Å². The van der Waals surface area contributed by atoms with Crippen LogP contribution in [0.15, 0.2) is 18.2 Å². The predicted molar refractivity (Wildman–Crippen MR) is 104 cm³/mol. The van der Waals surface area contributed by atoms with E-state index in [0.717, 1.165) is 25.0 Å². The molecule has 0 heterocycles. The van der Waals surface area contributed by atoms with E-state index in [4.69, 9.17) is 14.7 Å². The molecular weight excluding hydrogens is 310 g/mol. The number of ether oxygens (including phenoxy) is 2. The molecule has 0 aliphatic heterocycles. The standard InChI is InChI=1S/C22H35NO2/c1-20-15-14-17-21(22(20)25-19-24-2)16-12-10-8-6-4-3-5-7-9-11-13-18-23/h14-15,17H,3-13,16,19H2,1-2H3. The van der Waals surface area contributed by atoms with Crippen molar-refractivity contribution in [2.45, 2.75) is 84.0 Å². The number of rotatable bonds is 15. The molecule has 3 nitrogen and oxygen atoms in total. The summed E-state index contributed by atoms with van der Waals surface area (Å²) in [7, 11) is 1.66. The Kier molecular flexibility index (Phi) is 12.7. The molecule has 0 fully saturated rings. The summed E-state index contributed by atoms with van der Waals surface area (Å²) in [5.41, 5.74) is 2.48. The van der Waals surface area contributed by atoms with Crippen LogP contribution in [0.1, 0.15) is 81.8 Å². The van der Waals surface area contributed by atoms with Gasteiger partial charge in [0.1, 0.15) is 5.75 Å². The van der Waals surface area contributed by atoms with Gasteiger partial charge in [-0.1, -0.05) is 69.6 Å². The molecule has 0 aromatic heterocycles. The molecule has 25 heavy (non-hydrogen) atoms. The van der Waals surface area contributed by atoms with Gasteiger partial charge in [-0.2, -0.15) is 5.26 Å². The maximum absolute atomic E-state index is 8.49. The normalized spacial score (nSPS) is 10.6. The molecule has 0 radical (unpaired) electrons. The number of nitrogens with zero attached hydrogens (tertiary/aromatic N) is 1. The minimum Gasteiger partial charge on any atom is -0.467 e. The lowest BCUT2D eigenvalue weighted by Gasteiger charge is -2.13. The van der Waals surface area contributed by atoms with Crippen molar-refractivity contribution in [3.8, 4) is 11.8 Å². The van der Waals surface area contributed by atoms with Crippen molar-refractivity contribution >= 4 is 0 Å². The predicted octanol–water partition coefficient (Wildman–Crippen LogP) is 6.33. The Morgan fingerprint density at radius 3 is 2.08 bits per heavy atom. The molecular formula is C22H35NO2. The third kappa shape index (κ3) is 10.1. The summed E-state index contributed by atoms with van der Waals surface area (Å²) in [6.45, 7) is 2.41. The molecule has 0 N–H and O–H groups in total. The topological polar surface area (TPSA) is 42.2 Å². The highest BCUT2D eigenvalue weighted by atomic mass is 16.7. The van der Waals surface area contributed by atoms with Crippen molar-refractivity contribution in [2.75, 3.05) is 13.9 Å². The summed E-state index contributed by atoms with van der Waals surface area (Å²) in [5.74, 6) is 1.00. The molecule has 1 rings (SSSR count). The van der Waals surface area contributed by atoms with Gasteiger partial charge >= 0.3 is 0 Å². The van der Waals surface area contributed by atoms with Crippen LogP contribution in [0.5, 0.6) is 5.75 Å². The van der Waals surface area contributed by atoms with Gasteiger partial charge in [0, 0.05) is 13.5 Å². The second-order valence-electron chi connectivity index (χ2n) is 6.81. The fourth-order valence-electron chi connectivity index (χ4n) is 3.17. The Morgan fingerprint density at radius 1 is 0.880 bits per heavy atom. The lowest BCUT2D eigenvalue weighted by atomic mass is 10.0. The minimum atomic E-state index is 0.314. The van der Waals surface area contributed by atoms with Crippen LogP contribution >= 0.6 is 0 Å². The molecule has 140 valence electrons. The molecule has 0 saturated heterocycles. The zero-order chi connectivity index (χ0) is 18.2. The van der Waals surface area contributed by atoms with Gasteiger partial charge in [0.15, 0.2) is 6.79 Å². The fraction of sp³-hybridized carbons (Fsp3) is 0.682. The van der Waals surface area contributed by atoms with E-state index in [2.05, 4.69) is 31.2 Å². The second kappa shape index (κ2) is 14.8. The Hall–Kier alpha value is -1.53. The number of aryl methyl sites for hydroxylation is 2. The Labute approximate surface area is 154 Å². The summed E-state index contributed by atoms with van der Waals surface area (Å²) >= 11 is 0. The molecule has 0 bridgehead atoms. The van der Waals surface area contributed by atoms with Crippen LogP contribution in [0.2, 0.25) is 0 Å². The maximum atomic E-state index is 8.49. The van der Waals surface area contributed by atoms with Crippen LogP contribution in [-0.4, -0.2) is 13.9 Å². The first-order valence-corrected chi connectivity index (χ1v) is 9.86. The molecule has 3 heteroatoms. The van der Waals surface area contributed by atoms with Crippen molar-refractivity contribution in [1.82, 2.24) is 0 Å². The molecule has 0 unspecified atom stereocenters. The van der Waals surface area contributed by atoms with Gasteiger partial charge in [-0.15, -0.1) is 0 Å². The average molecular weight is 346 g/mol. The average Bonchev–Trinajstić information content (AvgIpc) is 2.62. The van der Waals surface area contributed by atoms with Gasteiger partial charge in [-0.3, -0.25) is 0 Å². The van der Waals surface area contributed by atoms with E-state index in [1.165, 1.54) is 68.9 Å². The molecule has 1 aromatic rings. The third-order valence-electron chi connectivity index (χ3n) is 4.60. The second-order valence-corrected chi connectivity index (χ2v) is 6.81. The summed E-state index contributed by atoms with van der Waals surface area (Å²) < 4.78 is 10.8. The highest BCUT2D eigenvalue weighted by molar-refractivity contribution is 5.40. The Bertz CT molecular complexity index is 493. The number of benzene rings is 1. The van der Waals surface area contributed by atoms with Crippen molar-refractivity contribution in [1.29, 1.82) is 5.26 Å². The molecule has 0 saturated carbocycles. The van der Waals surface area contributed by atoms with Crippen LogP contribution in [0.3, 0.4) is 0 Å². The lowest BCUT2D eigenvalue weighted by molar-refractivity contribution is 0.0499. The number of unbranched alkanes of at least 4 members (excludes halogenated alkanes) is 10. The van der Waals surface area contributed by atoms with Crippen LogP contribution in [0.25, 0.3) is 0 Å². The van der Waals surface area contributed by atoms with Gasteiger partial charge in [0.05, 0.1) is 6.07 Å². The van der Waals surface area contributed by atoms with Crippen LogP contribution in [0, 0.1) is 18.3 Å². The first-order chi connectivity index (χ1) is 12.3. The zero-order valence-corrected chi connectivity index (χ0v) is 16.2. The third-order valence-corrected chi connectivity index (χ3v) is 4.60. The van der Waals surface area contributed by atoms with Crippen LogP contribution < -0.4 is 4.74 Å². The SMILES string of the molecule is COCOc1c(C)cccc1CCCCCCCCCCCCC#N. The summed E-state index contributed by atoms with van der Waals surface area (Å²) in [5, 5.41) is 8.49.